The van der Waals surface area contributed by atoms with Crippen LogP contribution in [0.5, 0.6) is 0 Å². The first-order valence-corrected chi connectivity index (χ1v) is 16.0. The first-order chi connectivity index (χ1) is 17.1. The van der Waals surface area contributed by atoms with Crippen LogP contribution in [0, 0.1) is 0 Å². The van der Waals surface area contributed by atoms with E-state index in [1.54, 1.807) is 47.4 Å². The maximum Gasteiger partial charge on any atom is 0.228 e. The fourth-order valence-electron chi connectivity index (χ4n) is 4.01. The highest BCUT2D eigenvalue weighted by molar-refractivity contribution is 7.91. The van der Waals surface area contributed by atoms with Gasteiger partial charge in [-0.25, -0.2) is 21.8 Å². The van der Waals surface area contributed by atoms with E-state index >= 15 is 0 Å². The van der Waals surface area contributed by atoms with Crippen LogP contribution in [0.4, 0.5) is 5.13 Å². The summed E-state index contributed by atoms with van der Waals surface area (Å²) in [5, 5.41) is 0.408. The Morgan fingerprint density at radius 3 is 2.43 bits per heavy atom. The van der Waals surface area contributed by atoms with Gasteiger partial charge in [-0.1, -0.05) is 35.6 Å². The van der Waals surface area contributed by atoms with Crippen molar-refractivity contribution in [2.75, 3.05) is 56.3 Å². The fourth-order valence-corrected chi connectivity index (χ4v) is 7.28. The molecule has 0 spiro atoms. The van der Waals surface area contributed by atoms with Gasteiger partial charge >= 0.3 is 0 Å². The predicted molar refractivity (Wildman–Crippen MR) is 147 cm³/mol. The number of carbonyl (C=O) groups excluding carboxylic acids is 1. The lowest BCUT2D eigenvalue weighted by atomic mass is 10.3. The summed E-state index contributed by atoms with van der Waals surface area (Å²) < 4.78 is 55.8. The second-order valence-electron chi connectivity index (χ2n) is 8.61. The molecule has 1 amide bonds. The Morgan fingerprint density at radius 2 is 1.76 bits per heavy atom. The van der Waals surface area contributed by atoms with Crippen LogP contribution in [-0.2, 0) is 29.2 Å². The minimum atomic E-state index is -3.50. The third kappa shape index (κ3) is 7.49. The van der Waals surface area contributed by atoms with E-state index in [-0.39, 0.29) is 46.7 Å². The zero-order chi connectivity index (χ0) is 25.8. The van der Waals surface area contributed by atoms with Crippen LogP contribution in [0.2, 0.25) is 0 Å². The van der Waals surface area contributed by atoms with E-state index in [0.717, 1.165) is 19.3 Å². The second kappa shape index (κ2) is 12.6. The molecule has 0 aliphatic carbocycles. The molecule has 1 saturated heterocycles. The molecule has 202 valence electrons. The normalized spacial score (nSPS) is 14.8. The van der Waals surface area contributed by atoms with Crippen molar-refractivity contribution in [2.45, 2.75) is 22.6 Å². The Bertz CT molecular complexity index is 1420. The summed E-state index contributed by atoms with van der Waals surface area (Å²) in [6, 6.07) is 13.1. The van der Waals surface area contributed by atoms with Crippen molar-refractivity contribution in [3.05, 3.63) is 48.5 Å². The number of para-hydroxylation sites is 1. The van der Waals surface area contributed by atoms with Gasteiger partial charge in [0.25, 0.3) is 0 Å². The number of morpholine rings is 1. The monoisotopic (exact) mass is 587 g/mol. The SMILES string of the molecule is CS(=O)(=O)c1cccc2sc(N(CCN3CCOCC3)C(=O)CCCS(=O)(=O)c3ccccc3)nc12.Cl. The maximum atomic E-state index is 13.3. The average Bonchev–Trinajstić information content (AvgIpc) is 3.28. The molecule has 2 aromatic carbocycles. The highest BCUT2D eigenvalue weighted by Crippen LogP contribution is 2.33. The lowest BCUT2D eigenvalue weighted by Crippen LogP contribution is -2.43. The lowest BCUT2D eigenvalue weighted by Gasteiger charge is -2.29. The van der Waals surface area contributed by atoms with Gasteiger partial charge in [0.05, 0.1) is 33.5 Å². The summed E-state index contributed by atoms with van der Waals surface area (Å²) in [6.45, 7) is 3.74. The van der Waals surface area contributed by atoms with E-state index in [1.165, 1.54) is 17.4 Å². The Kier molecular flexibility index (Phi) is 10.1. The minimum Gasteiger partial charge on any atom is -0.379 e. The minimum absolute atomic E-state index is 0. The van der Waals surface area contributed by atoms with Crippen molar-refractivity contribution >= 4 is 64.7 Å². The Labute approximate surface area is 227 Å². The molecule has 1 aromatic heterocycles. The van der Waals surface area contributed by atoms with Gasteiger partial charge in [-0.2, -0.15) is 0 Å². The van der Waals surface area contributed by atoms with Gasteiger partial charge < -0.3 is 4.74 Å². The predicted octanol–water partition coefficient (Wildman–Crippen LogP) is 3.04. The molecule has 0 atom stereocenters. The van der Waals surface area contributed by atoms with Gasteiger partial charge in [-0.3, -0.25) is 14.6 Å². The molecule has 3 aromatic rings. The average molecular weight is 588 g/mol. The second-order valence-corrected chi connectivity index (χ2v) is 13.7. The molecule has 1 aliphatic heterocycles. The van der Waals surface area contributed by atoms with Crippen LogP contribution in [0.25, 0.3) is 10.2 Å². The summed E-state index contributed by atoms with van der Waals surface area (Å²) in [7, 11) is -6.99. The van der Waals surface area contributed by atoms with Gasteiger partial charge in [0.1, 0.15) is 5.52 Å². The number of fused-ring (bicyclic) bond motifs is 1. The van der Waals surface area contributed by atoms with Crippen molar-refractivity contribution < 1.29 is 26.4 Å². The van der Waals surface area contributed by atoms with Crippen LogP contribution in [0.1, 0.15) is 12.8 Å². The first-order valence-electron chi connectivity index (χ1n) is 11.6. The van der Waals surface area contributed by atoms with Gasteiger partial charge in [0.15, 0.2) is 24.8 Å². The number of ether oxygens (including phenoxy) is 1. The number of hydrogen-bond acceptors (Lipinski definition) is 9. The highest BCUT2D eigenvalue weighted by atomic mass is 35.5. The van der Waals surface area contributed by atoms with E-state index in [1.807, 2.05) is 0 Å². The van der Waals surface area contributed by atoms with Crippen molar-refractivity contribution in [3.8, 4) is 0 Å². The highest BCUT2D eigenvalue weighted by Gasteiger charge is 2.24. The number of carbonyl (C=O) groups is 1. The van der Waals surface area contributed by atoms with Crippen LogP contribution in [0.3, 0.4) is 0 Å². The summed E-state index contributed by atoms with van der Waals surface area (Å²) >= 11 is 1.25. The van der Waals surface area contributed by atoms with Crippen LogP contribution in [-0.4, -0.2) is 84.0 Å². The van der Waals surface area contributed by atoms with Gasteiger partial charge in [0.2, 0.25) is 5.91 Å². The van der Waals surface area contributed by atoms with E-state index in [9.17, 15) is 21.6 Å². The first kappa shape index (κ1) is 29.5. The molecule has 13 heteroatoms. The quantitative estimate of drug-likeness (QED) is 0.356. The topological polar surface area (TPSA) is 114 Å². The van der Waals surface area contributed by atoms with E-state index in [0.29, 0.717) is 41.7 Å². The van der Waals surface area contributed by atoms with Gasteiger partial charge in [-0.15, -0.1) is 12.4 Å². The molecule has 1 aliphatic rings. The van der Waals surface area contributed by atoms with Crippen molar-refractivity contribution in [1.29, 1.82) is 0 Å². The van der Waals surface area contributed by atoms with E-state index in [4.69, 9.17) is 4.74 Å². The molecule has 0 radical (unpaired) electrons. The molecule has 0 unspecified atom stereocenters. The fraction of sp³-hybridized carbons (Fsp3) is 0.417. The zero-order valence-corrected chi connectivity index (χ0v) is 23.7. The molecule has 0 saturated carbocycles. The number of nitrogens with zero attached hydrogens (tertiary/aromatic N) is 3. The number of sulfone groups is 2. The van der Waals surface area contributed by atoms with Crippen LogP contribution < -0.4 is 4.90 Å². The molecule has 2 heterocycles. The summed E-state index contributed by atoms with van der Waals surface area (Å²) in [6.07, 6.45) is 1.34. The summed E-state index contributed by atoms with van der Waals surface area (Å²) in [5.41, 5.74) is 0.343. The van der Waals surface area contributed by atoms with Crippen LogP contribution in [0.15, 0.2) is 58.3 Å². The third-order valence-electron chi connectivity index (χ3n) is 5.95. The molecule has 0 bridgehead atoms. The Balaban J connectivity index is 0.00000380. The van der Waals surface area contributed by atoms with Crippen molar-refractivity contribution in [2.24, 2.45) is 0 Å². The molecule has 0 N–H and O–H groups in total. The number of thiazole rings is 1. The largest absolute Gasteiger partial charge is 0.379 e. The standard InChI is InChI=1S/C24H29N3O6S3.ClH/c1-35(29,30)21-10-5-9-20-23(21)25-24(34-20)27(13-12-26-14-16-33-17-15-26)22(28)11-6-18-36(31,32)19-7-3-2-4-8-19;/h2-5,7-10H,6,11-18H2,1H3;1H. The number of rotatable bonds is 10. The smallest absolute Gasteiger partial charge is 0.228 e. The zero-order valence-electron chi connectivity index (χ0n) is 20.4. The number of halogens is 1. The molecule has 1 fully saturated rings. The molecular weight excluding hydrogens is 558 g/mol. The number of benzene rings is 2. The molecule has 4 rings (SSSR count). The van der Waals surface area contributed by atoms with Gasteiger partial charge in [0, 0.05) is 38.9 Å². The third-order valence-corrected chi connectivity index (χ3v) is 9.94. The molecule has 9 nitrogen and oxygen atoms in total. The molecular formula is C24H30ClN3O6S3. The summed E-state index contributed by atoms with van der Waals surface area (Å²) in [4.78, 5) is 22.0. The van der Waals surface area contributed by atoms with Gasteiger partial charge in [-0.05, 0) is 30.7 Å². The van der Waals surface area contributed by atoms with Crippen molar-refractivity contribution in [1.82, 2.24) is 9.88 Å². The van der Waals surface area contributed by atoms with E-state index in [2.05, 4.69) is 9.88 Å². The summed E-state index contributed by atoms with van der Waals surface area (Å²) in [5.74, 6) is -0.385. The number of aromatic nitrogens is 1. The maximum absolute atomic E-state index is 13.3. The number of anilines is 1. The molecule has 37 heavy (non-hydrogen) atoms. The Hall–Kier alpha value is -2.09. The van der Waals surface area contributed by atoms with E-state index < -0.39 is 19.7 Å². The number of hydrogen-bond donors (Lipinski definition) is 0. The van der Waals surface area contributed by atoms with Crippen molar-refractivity contribution in [3.63, 3.8) is 0 Å². The lowest BCUT2D eigenvalue weighted by molar-refractivity contribution is -0.118. The number of amides is 1. The Morgan fingerprint density at radius 1 is 1.05 bits per heavy atom. The van der Waals surface area contributed by atoms with Crippen LogP contribution >= 0.6 is 23.7 Å².